The number of hydrogen-bond acceptors (Lipinski definition) is 7. The number of fused-ring (bicyclic) bond motifs is 6. The largest absolute Gasteiger partial charge is 0.455 e. The minimum atomic E-state index is 0.367. The Balaban J connectivity index is 1.20. The molecule has 0 saturated heterocycles. The van der Waals surface area contributed by atoms with Gasteiger partial charge in [0.1, 0.15) is 11.2 Å². The summed E-state index contributed by atoms with van der Waals surface area (Å²) in [7, 11) is 0. The molecule has 12 rings (SSSR count). The van der Waals surface area contributed by atoms with Crippen LogP contribution in [0.4, 0.5) is 5.69 Å². The molecule has 322 valence electrons. The second kappa shape index (κ2) is 16.8. The molecule has 0 atom stereocenters. The number of furan rings is 1. The predicted molar refractivity (Wildman–Crippen MR) is 274 cm³/mol. The molecule has 0 unspecified atom stereocenters. The van der Waals surface area contributed by atoms with E-state index < -0.39 is 0 Å². The van der Waals surface area contributed by atoms with E-state index in [0.717, 1.165) is 93.9 Å². The van der Waals surface area contributed by atoms with Crippen molar-refractivity contribution in [3.8, 4) is 91.4 Å². The zero-order chi connectivity index (χ0) is 47.3. The first kappa shape index (κ1) is 41.0. The van der Waals surface area contributed by atoms with Crippen molar-refractivity contribution in [1.29, 1.82) is 15.8 Å². The molecule has 9 nitrogen and oxygen atoms in total. The van der Waals surface area contributed by atoms with E-state index in [2.05, 4.69) is 88.3 Å². The van der Waals surface area contributed by atoms with Crippen LogP contribution in [0.5, 0.6) is 0 Å². The van der Waals surface area contributed by atoms with Crippen LogP contribution in [0.2, 0.25) is 0 Å². The van der Waals surface area contributed by atoms with Crippen LogP contribution in [0.3, 0.4) is 0 Å². The number of rotatable bonds is 7. The number of nitriles is 3. The standard InChI is InChI=1S/C61H32N8O/c1-65-47-29-39(36-64)28-46(30-47)43-20-23-50-49-22-19-42(45-26-37(34-62)25-38(27-45)35-63)32-55(49)69(56(50)33-43)54-24-21-44(48-16-10-17-52-51-15-8-9-18-57(51)70-58(48)52)31-53(54)61-67-59(40-11-4-2-5-12-40)66-60(68-61)41-13-6-3-7-14-41/h2-33H. The van der Waals surface area contributed by atoms with Crippen molar-refractivity contribution in [2.75, 3.05) is 0 Å². The van der Waals surface area contributed by atoms with E-state index in [0.29, 0.717) is 45.4 Å². The van der Waals surface area contributed by atoms with Crippen LogP contribution in [-0.4, -0.2) is 19.5 Å². The first-order chi connectivity index (χ1) is 34.5. The Kier molecular flexibility index (Phi) is 9.82. The van der Waals surface area contributed by atoms with Crippen LogP contribution >= 0.6 is 0 Å². The van der Waals surface area contributed by atoms with Crippen molar-refractivity contribution in [2.24, 2.45) is 0 Å². The molecule has 3 heterocycles. The molecule has 0 amide bonds. The first-order valence-electron chi connectivity index (χ1n) is 22.4. The van der Waals surface area contributed by atoms with Crippen LogP contribution in [0, 0.1) is 40.6 Å². The lowest BCUT2D eigenvalue weighted by Gasteiger charge is -2.17. The third-order valence-corrected chi connectivity index (χ3v) is 12.7. The van der Waals surface area contributed by atoms with E-state index in [1.807, 2.05) is 97.1 Å². The number of aromatic nitrogens is 4. The maximum Gasteiger partial charge on any atom is 0.189 e. The molecule has 9 aromatic carbocycles. The van der Waals surface area contributed by atoms with Crippen LogP contribution in [-0.2, 0) is 0 Å². The summed E-state index contributed by atoms with van der Waals surface area (Å²) >= 11 is 0. The van der Waals surface area contributed by atoms with E-state index in [9.17, 15) is 15.8 Å². The van der Waals surface area contributed by atoms with Crippen molar-refractivity contribution in [2.45, 2.75) is 0 Å². The molecule has 0 N–H and O–H groups in total. The van der Waals surface area contributed by atoms with Gasteiger partial charge in [0.15, 0.2) is 23.2 Å². The van der Waals surface area contributed by atoms with Crippen molar-refractivity contribution in [3.05, 3.63) is 222 Å². The topological polar surface area (TPSA) is 132 Å². The van der Waals surface area contributed by atoms with E-state index in [1.54, 1.807) is 36.4 Å². The number of benzene rings is 9. The summed E-state index contributed by atoms with van der Waals surface area (Å²) in [6.45, 7) is 7.82. The lowest BCUT2D eigenvalue weighted by Crippen LogP contribution is -2.04. The van der Waals surface area contributed by atoms with Crippen molar-refractivity contribution in [1.82, 2.24) is 19.5 Å². The summed E-state index contributed by atoms with van der Waals surface area (Å²) < 4.78 is 8.81. The van der Waals surface area contributed by atoms with Crippen LogP contribution in [0.15, 0.2) is 199 Å². The Hall–Kier alpha value is -10.5. The fourth-order valence-electron chi connectivity index (χ4n) is 9.45. The SMILES string of the molecule is [C-]#[N+]c1cc(C#N)cc(-c2ccc3c4ccc(-c5cc(C#N)cc(C#N)c5)cc4n(-c4ccc(-c5cccc6c5oc5ccccc56)cc4-c4nc(-c5ccccc5)nc(-c5ccccc5)n4)c3c2)c1. The predicted octanol–water partition coefficient (Wildman–Crippen LogP) is 15.0. The van der Waals surface area contributed by atoms with Gasteiger partial charge >= 0.3 is 0 Å². The number of nitrogens with zero attached hydrogens (tertiary/aromatic N) is 8. The fraction of sp³-hybridized carbons (Fsp3) is 0. The average Bonchev–Trinajstić information content (AvgIpc) is 3.98. The molecule has 9 heteroatoms. The van der Waals surface area contributed by atoms with Gasteiger partial charge in [0, 0.05) is 49.4 Å². The second-order valence-corrected chi connectivity index (χ2v) is 16.9. The zero-order valence-electron chi connectivity index (χ0n) is 37.0. The summed E-state index contributed by atoms with van der Waals surface area (Å²) in [5.74, 6) is 1.45. The molecule has 70 heavy (non-hydrogen) atoms. The second-order valence-electron chi connectivity index (χ2n) is 16.9. The highest BCUT2D eigenvalue weighted by Crippen LogP contribution is 2.43. The van der Waals surface area contributed by atoms with Gasteiger partial charge in [-0.25, -0.2) is 19.8 Å². The summed E-state index contributed by atoms with van der Waals surface area (Å²) in [6, 6.07) is 69.7. The Morgan fingerprint density at radius 2 is 0.957 bits per heavy atom. The number of hydrogen-bond donors (Lipinski definition) is 0. The Labute approximate surface area is 401 Å². The molecule has 12 aromatic rings. The molecule has 0 fully saturated rings. The van der Waals surface area contributed by atoms with Crippen LogP contribution in [0.1, 0.15) is 16.7 Å². The van der Waals surface area contributed by atoms with E-state index in [-0.39, 0.29) is 0 Å². The van der Waals surface area contributed by atoms with Crippen LogP contribution in [0.25, 0.3) is 122 Å². The molecule has 3 aromatic heterocycles. The maximum absolute atomic E-state index is 9.98. The lowest BCUT2D eigenvalue weighted by molar-refractivity contribution is 0.670. The van der Waals surface area contributed by atoms with Gasteiger partial charge in [-0.15, -0.1) is 0 Å². The van der Waals surface area contributed by atoms with Crippen molar-refractivity contribution >= 4 is 49.4 Å². The highest BCUT2D eigenvalue weighted by molar-refractivity contribution is 6.12. The van der Waals surface area contributed by atoms with Gasteiger partial charge in [-0.3, -0.25) is 0 Å². The molecule has 0 saturated carbocycles. The van der Waals surface area contributed by atoms with Gasteiger partial charge in [-0.2, -0.15) is 15.8 Å². The fourth-order valence-corrected chi connectivity index (χ4v) is 9.45. The normalized spacial score (nSPS) is 11.1. The van der Waals surface area contributed by atoms with Gasteiger partial charge in [0.25, 0.3) is 0 Å². The molecule has 0 radical (unpaired) electrons. The zero-order valence-corrected chi connectivity index (χ0v) is 37.0. The molecule has 0 bridgehead atoms. The van der Waals surface area contributed by atoms with Gasteiger partial charge in [0.2, 0.25) is 0 Å². The minimum Gasteiger partial charge on any atom is -0.455 e. The van der Waals surface area contributed by atoms with E-state index in [4.69, 9.17) is 25.9 Å². The number of para-hydroxylation sites is 2. The molecule has 0 spiro atoms. The summed E-state index contributed by atoms with van der Waals surface area (Å²) in [6.07, 6.45) is 0. The molecule has 0 aliphatic carbocycles. The average molecular weight is 893 g/mol. The lowest BCUT2D eigenvalue weighted by atomic mass is 9.98. The minimum absolute atomic E-state index is 0.367. The van der Waals surface area contributed by atoms with Gasteiger partial charge in [-0.1, -0.05) is 127 Å². The third kappa shape index (κ3) is 7.05. The quantitative estimate of drug-likeness (QED) is 0.145. The monoisotopic (exact) mass is 892 g/mol. The summed E-state index contributed by atoms with van der Waals surface area (Å²) in [5, 5.41) is 33.9. The van der Waals surface area contributed by atoms with Gasteiger partial charge in [-0.05, 0) is 94.5 Å². The Morgan fingerprint density at radius 1 is 0.414 bits per heavy atom. The van der Waals surface area contributed by atoms with E-state index >= 15 is 0 Å². The van der Waals surface area contributed by atoms with Crippen LogP contribution < -0.4 is 0 Å². The molecule has 0 aliphatic rings. The van der Waals surface area contributed by atoms with Gasteiger partial charge in [0.05, 0.1) is 52.6 Å². The molecular weight excluding hydrogens is 861 g/mol. The van der Waals surface area contributed by atoms with E-state index in [1.165, 1.54) is 0 Å². The highest BCUT2D eigenvalue weighted by Gasteiger charge is 2.23. The maximum atomic E-state index is 9.98. The van der Waals surface area contributed by atoms with Crippen molar-refractivity contribution < 1.29 is 4.42 Å². The third-order valence-electron chi connectivity index (χ3n) is 12.7. The smallest absolute Gasteiger partial charge is 0.189 e. The molecule has 0 aliphatic heterocycles. The van der Waals surface area contributed by atoms with Gasteiger partial charge < -0.3 is 8.98 Å². The Bertz CT molecular complexity index is 4040. The summed E-state index contributed by atoms with van der Waals surface area (Å²) in [4.78, 5) is 19.3. The molecular formula is C61H32N8O. The highest BCUT2D eigenvalue weighted by atomic mass is 16.3. The summed E-state index contributed by atoms with van der Waals surface area (Å²) in [5.41, 5.74) is 12.7. The first-order valence-corrected chi connectivity index (χ1v) is 22.4. The Morgan fingerprint density at radius 3 is 1.57 bits per heavy atom. The van der Waals surface area contributed by atoms with Crippen molar-refractivity contribution in [3.63, 3.8) is 0 Å².